The molecule has 1 amide bonds. The number of benzene rings is 2. The van der Waals surface area contributed by atoms with E-state index in [1.165, 1.54) is 7.11 Å². The summed E-state index contributed by atoms with van der Waals surface area (Å²) in [5.41, 5.74) is 1.20. The Bertz CT molecular complexity index is 860. The van der Waals surface area contributed by atoms with Crippen LogP contribution in [0.15, 0.2) is 51.4 Å². The van der Waals surface area contributed by atoms with Gasteiger partial charge >= 0.3 is 0 Å². The molecule has 22 heavy (non-hydrogen) atoms. The van der Waals surface area contributed by atoms with Gasteiger partial charge in [0.15, 0.2) is 5.76 Å². The Morgan fingerprint density at radius 3 is 2.77 bits per heavy atom. The Kier molecular flexibility index (Phi) is 4.09. The average Bonchev–Trinajstić information content (AvgIpc) is 2.93. The minimum absolute atomic E-state index is 0.230. The fourth-order valence-electron chi connectivity index (χ4n) is 2.08. The number of anilines is 1. The maximum atomic E-state index is 12.3. The molecular formula is C16H11BrClNO3. The van der Waals surface area contributed by atoms with Crippen LogP contribution in [0.4, 0.5) is 5.69 Å². The molecule has 0 atom stereocenters. The smallest absolute Gasteiger partial charge is 0.291 e. The van der Waals surface area contributed by atoms with Crippen molar-refractivity contribution in [2.45, 2.75) is 0 Å². The number of hydrogen-bond acceptors (Lipinski definition) is 3. The Labute approximate surface area is 140 Å². The summed E-state index contributed by atoms with van der Waals surface area (Å²) in [6.07, 6.45) is 0. The largest absolute Gasteiger partial charge is 0.495 e. The standard InChI is InChI=1S/C16H11BrClNO3/c1-21-13-6-5-10(8-12(13)18)19-16(20)14-7-9-3-2-4-11(17)15(9)22-14/h2-8H,1H3,(H,19,20). The normalized spacial score (nSPS) is 10.7. The van der Waals surface area contributed by atoms with Crippen LogP contribution in [0.3, 0.4) is 0 Å². The summed E-state index contributed by atoms with van der Waals surface area (Å²) in [5, 5.41) is 4.02. The molecule has 1 aromatic heterocycles. The summed E-state index contributed by atoms with van der Waals surface area (Å²) in [5.74, 6) is 0.436. The molecule has 0 aliphatic rings. The van der Waals surface area contributed by atoms with Gasteiger partial charge in [-0.05, 0) is 46.3 Å². The second kappa shape index (κ2) is 6.02. The number of nitrogens with one attached hydrogen (secondary N) is 1. The second-order valence-corrected chi connectivity index (χ2v) is 5.83. The molecule has 0 unspecified atom stereocenters. The Morgan fingerprint density at radius 1 is 1.27 bits per heavy atom. The number of fused-ring (bicyclic) bond motifs is 1. The van der Waals surface area contributed by atoms with Crippen LogP contribution in [-0.2, 0) is 0 Å². The number of ether oxygens (including phenoxy) is 1. The topological polar surface area (TPSA) is 51.5 Å². The zero-order chi connectivity index (χ0) is 15.7. The summed E-state index contributed by atoms with van der Waals surface area (Å²) in [7, 11) is 1.53. The maximum Gasteiger partial charge on any atom is 0.291 e. The van der Waals surface area contributed by atoms with E-state index in [9.17, 15) is 4.79 Å². The molecule has 112 valence electrons. The molecule has 3 rings (SSSR count). The fraction of sp³-hybridized carbons (Fsp3) is 0.0625. The van der Waals surface area contributed by atoms with Crippen LogP contribution < -0.4 is 10.1 Å². The highest BCUT2D eigenvalue weighted by Gasteiger charge is 2.14. The van der Waals surface area contributed by atoms with Gasteiger partial charge in [0.1, 0.15) is 11.3 Å². The van der Waals surface area contributed by atoms with Crippen molar-refractivity contribution in [1.29, 1.82) is 0 Å². The van der Waals surface area contributed by atoms with E-state index >= 15 is 0 Å². The minimum atomic E-state index is -0.343. The molecule has 2 aromatic carbocycles. The number of furan rings is 1. The van der Waals surface area contributed by atoms with Crippen molar-refractivity contribution in [3.05, 3.63) is 57.7 Å². The molecule has 3 aromatic rings. The van der Waals surface area contributed by atoms with Gasteiger partial charge in [-0.25, -0.2) is 0 Å². The lowest BCUT2D eigenvalue weighted by Crippen LogP contribution is -2.10. The number of halogens is 2. The number of methoxy groups -OCH3 is 1. The van der Waals surface area contributed by atoms with Gasteiger partial charge in [-0.2, -0.15) is 0 Å². The van der Waals surface area contributed by atoms with Crippen molar-refractivity contribution in [2.75, 3.05) is 12.4 Å². The Balaban J connectivity index is 1.87. The van der Waals surface area contributed by atoms with Gasteiger partial charge in [-0.15, -0.1) is 0 Å². The van der Waals surface area contributed by atoms with Crippen LogP contribution in [0.1, 0.15) is 10.6 Å². The summed E-state index contributed by atoms with van der Waals surface area (Å²) < 4.78 is 11.5. The molecule has 0 aliphatic carbocycles. The summed E-state index contributed by atoms with van der Waals surface area (Å²) in [4.78, 5) is 12.3. The van der Waals surface area contributed by atoms with Gasteiger partial charge in [0.2, 0.25) is 0 Å². The van der Waals surface area contributed by atoms with Gasteiger partial charge in [0.05, 0.1) is 16.6 Å². The molecule has 0 radical (unpaired) electrons. The first kappa shape index (κ1) is 14.9. The monoisotopic (exact) mass is 379 g/mol. The van der Waals surface area contributed by atoms with Crippen molar-refractivity contribution in [3.63, 3.8) is 0 Å². The molecular weight excluding hydrogens is 370 g/mol. The van der Waals surface area contributed by atoms with Gasteiger partial charge in [0.25, 0.3) is 5.91 Å². The minimum Gasteiger partial charge on any atom is -0.495 e. The zero-order valence-electron chi connectivity index (χ0n) is 11.5. The van der Waals surface area contributed by atoms with E-state index in [0.29, 0.717) is 22.0 Å². The number of para-hydroxylation sites is 1. The quantitative estimate of drug-likeness (QED) is 0.687. The van der Waals surface area contributed by atoms with E-state index in [2.05, 4.69) is 21.2 Å². The van der Waals surface area contributed by atoms with Crippen molar-refractivity contribution in [2.24, 2.45) is 0 Å². The highest BCUT2D eigenvalue weighted by molar-refractivity contribution is 9.10. The molecule has 1 N–H and O–H groups in total. The summed E-state index contributed by atoms with van der Waals surface area (Å²) >= 11 is 9.43. The first-order valence-electron chi connectivity index (χ1n) is 6.41. The molecule has 0 spiro atoms. The second-order valence-electron chi connectivity index (χ2n) is 4.57. The van der Waals surface area contributed by atoms with Crippen LogP contribution in [0, 0.1) is 0 Å². The molecule has 0 fully saturated rings. The SMILES string of the molecule is COc1ccc(NC(=O)c2cc3cccc(Br)c3o2)cc1Cl. The van der Waals surface area contributed by atoms with Crippen molar-refractivity contribution in [1.82, 2.24) is 0 Å². The lowest BCUT2D eigenvalue weighted by Gasteiger charge is -2.06. The Hall–Kier alpha value is -1.98. The van der Waals surface area contributed by atoms with Crippen LogP contribution >= 0.6 is 27.5 Å². The average molecular weight is 381 g/mol. The van der Waals surface area contributed by atoms with E-state index in [1.54, 1.807) is 24.3 Å². The molecule has 0 saturated heterocycles. The van der Waals surface area contributed by atoms with E-state index in [1.807, 2.05) is 18.2 Å². The highest BCUT2D eigenvalue weighted by Crippen LogP contribution is 2.29. The third-order valence-electron chi connectivity index (χ3n) is 3.13. The van der Waals surface area contributed by atoms with Gasteiger partial charge in [0, 0.05) is 11.1 Å². The molecule has 6 heteroatoms. The molecule has 0 aliphatic heterocycles. The molecule has 0 saturated carbocycles. The molecule has 4 nitrogen and oxygen atoms in total. The third-order valence-corrected chi connectivity index (χ3v) is 4.05. The lowest BCUT2D eigenvalue weighted by atomic mass is 10.2. The first-order chi connectivity index (χ1) is 10.6. The molecule has 1 heterocycles. The summed E-state index contributed by atoms with van der Waals surface area (Å²) in [6, 6.07) is 12.3. The number of carbonyl (C=O) groups is 1. The van der Waals surface area contributed by atoms with E-state index in [0.717, 1.165) is 9.86 Å². The summed E-state index contributed by atoms with van der Waals surface area (Å²) in [6.45, 7) is 0. The number of rotatable bonds is 3. The van der Waals surface area contributed by atoms with E-state index in [4.69, 9.17) is 20.8 Å². The van der Waals surface area contributed by atoms with E-state index < -0.39 is 0 Å². The van der Waals surface area contributed by atoms with Crippen molar-refractivity contribution < 1.29 is 13.9 Å². The molecule has 0 bridgehead atoms. The third kappa shape index (κ3) is 2.82. The number of carbonyl (C=O) groups excluding carboxylic acids is 1. The Morgan fingerprint density at radius 2 is 2.09 bits per heavy atom. The maximum absolute atomic E-state index is 12.3. The van der Waals surface area contributed by atoms with Gasteiger partial charge in [-0.3, -0.25) is 4.79 Å². The highest BCUT2D eigenvalue weighted by atomic mass is 79.9. The van der Waals surface area contributed by atoms with Crippen molar-refractivity contribution in [3.8, 4) is 5.75 Å². The number of hydrogen-bond donors (Lipinski definition) is 1. The predicted octanol–water partition coefficient (Wildman–Crippen LogP) is 5.11. The van der Waals surface area contributed by atoms with Crippen LogP contribution in [0.25, 0.3) is 11.0 Å². The predicted molar refractivity (Wildman–Crippen MR) is 89.9 cm³/mol. The fourth-order valence-corrected chi connectivity index (χ4v) is 2.80. The van der Waals surface area contributed by atoms with Crippen LogP contribution in [0.5, 0.6) is 5.75 Å². The van der Waals surface area contributed by atoms with Crippen LogP contribution in [-0.4, -0.2) is 13.0 Å². The van der Waals surface area contributed by atoms with Gasteiger partial charge in [-0.1, -0.05) is 23.7 Å². The van der Waals surface area contributed by atoms with Gasteiger partial charge < -0.3 is 14.5 Å². The zero-order valence-corrected chi connectivity index (χ0v) is 13.9. The van der Waals surface area contributed by atoms with Crippen LogP contribution in [0.2, 0.25) is 5.02 Å². The first-order valence-corrected chi connectivity index (χ1v) is 7.58. The number of amides is 1. The van der Waals surface area contributed by atoms with Crippen molar-refractivity contribution >= 4 is 50.1 Å². The van der Waals surface area contributed by atoms with E-state index in [-0.39, 0.29) is 11.7 Å². The lowest BCUT2D eigenvalue weighted by molar-refractivity contribution is 0.0998.